The van der Waals surface area contributed by atoms with Crippen molar-refractivity contribution in [2.75, 3.05) is 39.6 Å². The van der Waals surface area contributed by atoms with Crippen LogP contribution in [0.2, 0.25) is 0 Å². The van der Waals surface area contributed by atoms with Crippen molar-refractivity contribution < 1.29 is 57.1 Å². The van der Waals surface area contributed by atoms with E-state index in [0.29, 0.717) is 49.1 Å². The minimum absolute atomic E-state index is 0.127. The summed E-state index contributed by atoms with van der Waals surface area (Å²) in [5, 5.41) is 0. The first kappa shape index (κ1) is 38.1. The SMILES string of the molecule is C=CC(=O)OCCCCCCOc1ccc(C(=O)O[C@H]2CO[C@H]3[C@@H]2OC[C@H]3OC(=O)c2ccc(OCCCCCCOC(=O)C=C)cc2)cc1. The summed E-state index contributed by atoms with van der Waals surface area (Å²) in [4.78, 5) is 47.8. The highest BCUT2D eigenvalue weighted by Gasteiger charge is 2.51. The summed E-state index contributed by atoms with van der Waals surface area (Å²) in [7, 11) is 0. The number of hydrogen-bond donors (Lipinski definition) is 0. The topological polar surface area (TPSA) is 142 Å². The van der Waals surface area contributed by atoms with Crippen LogP contribution in [0.25, 0.3) is 0 Å². The molecule has 12 nitrogen and oxygen atoms in total. The Morgan fingerprint density at radius 3 is 1.28 bits per heavy atom. The average molecular weight is 695 g/mol. The lowest BCUT2D eigenvalue weighted by atomic mass is 10.1. The van der Waals surface area contributed by atoms with Crippen LogP contribution >= 0.6 is 0 Å². The van der Waals surface area contributed by atoms with Gasteiger partial charge in [-0.15, -0.1) is 0 Å². The normalized spacial score (nSPS) is 19.1. The van der Waals surface area contributed by atoms with Crippen LogP contribution < -0.4 is 9.47 Å². The fourth-order valence-corrected chi connectivity index (χ4v) is 5.38. The zero-order valence-electron chi connectivity index (χ0n) is 28.3. The number of carbonyl (C=O) groups excluding carboxylic acids is 4. The van der Waals surface area contributed by atoms with Crippen molar-refractivity contribution in [1.82, 2.24) is 0 Å². The molecule has 2 saturated heterocycles. The molecule has 4 rings (SSSR count). The molecular formula is C38H46O12. The third kappa shape index (κ3) is 12.3. The molecule has 0 aromatic heterocycles. The maximum Gasteiger partial charge on any atom is 0.338 e. The maximum atomic E-state index is 12.9. The van der Waals surface area contributed by atoms with Crippen LogP contribution in [0.4, 0.5) is 0 Å². The van der Waals surface area contributed by atoms with Crippen LogP contribution in [0, 0.1) is 0 Å². The molecule has 12 heteroatoms. The monoisotopic (exact) mass is 694 g/mol. The predicted octanol–water partition coefficient (Wildman–Crippen LogP) is 5.57. The van der Waals surface area contributed by atoms with Gasteiger partial charge in [-0.2, -0.15) is 0 Å². The van der Waals surface area contributed by atoms with Crippen molar-refractivity contribution in [2.45, 2.75) is 75.8 Å². The van der Waals surface area contributed by atoms with Crippen molar-refractivity contribution in [3.63, 3.8) is 0 Å². The van der Waals surface area contributed by atoms with Gasteiger partial charge < -0.3 is 37.9 Å². The Kier molecular flexibility index (Phi) is 15.8. The first-order valence-electron chi connectivity index (χ1n) is 17.1. The van der Waals surface area contributed by atoms with E-state index in [2.05, 4.69) is 13.2 Å². The summed E-state index contributed by atoms with van der Waals surface area (Å²) in [6, 6.07) is 13.4. The number of benzene rings is 2. The molecule has 0 aliphatic carbocycles. The molecule has 270 valence electrons. The van der Waals surface area contributed by atoms with Crippen LogP contribution in [0.1, 0.15) is 72.1 Å². The van der Waals surface area contributed by atoms with Crippen LogP contribution in [-0.4, -0.2) is 87.9 Å². The largest absolute Gasteiger partial charge is 0.494 e. The second-order valence-corrected chi connectivity index (χ2v) is 11.8. The van der Waals surface area contributed by atoms with Gasteiger partial charge >= 0.3 is 23.9 Å². The van der Waals surface area contributed by atoms with E-state index in [1.807, 2.05) is 0 Å². The molecule has 0 saturated carbocycles. The molecular weight excluding hydrogens is 648 g/mol. The van der Waals surface area contributed by atoms with Gasteiger partial charge in [0.25, 0.3) is 0 Å². The molecule has 2 aromatic carbocycles. The van der Waals surface area contributed by atoms with Crippen LogP contribution in [0.5, 0.6) is 11.5 Å². The Morgan fingerprint density at radius 1 is 0.560 bits per heavy atom. The molecule has 0 bridgehead atoms. The molecule has 50 heavy (non-hydrogen) atoms. The van der Waals surface area contributed by atoms with Crippen LogP contribution in [-0.2, 0) is 38.0 Å². The molecule has 2 fully saturated rings. The third-order valence-corrected chi connectivity index (χ3v) is 8.10. The standard InChI is InChI=1S/C38H46O12/c1-3-33(39)45-23-11-7-5-9-21-43-29-17-13-27(14-18-29)37(41)49-31-25-47-36-32(26-48-35(31)36)50-38(42)28-15-19-30(20-16-28)44-22-10-6-8-12-24-46-34(40)4-2/h3-4,13-20,31-32,35-36H,1-2,5-12,21-26H2/t31-,32+,35-,36-/m1/s1. The van der Waals surface area contributed by atoms with E-state index in [-0.39, 0.29) is 13.2 Å². The molecule has 0 unspecified atom stereocenters. The molecule has 2 heterocycles. The molecule has 2 aromatic rings. The number of carbonyl (C=O) groups is 4. The number of esters is 4. The van der Waals surface area contributed by atoms with Crippen molar-refractivity contribution >= 4 is 23.9 Å². The van der Waals surface area contributed by atoms with Gasteiger partial charge in [0.2, 0.25) is 0 Å². The zero-order chi connectivity index (χ0) is 35.6. The number of fused-ring (bicyclic) bond motifs is 1. The fraction of sp³-hybridized carbons (Fsp3) is 0.474. The van der Waals surface area contributed by atoms with E-state index in [1.165, 1.54) is 0 Å². The average Bonchev–Trinajstić information content (AvgIpc) is 3.73. The Balaban J connectivity index is 1.10. The first-order valence-corrected chi connectivity index (χ1v) is 17.1. The van der Waals surface area contributed by atoms with Crippen molar-refractivity contribution in [3.8, 4) is 11.5 Å². The quantitative estimate of drug-likeness (QED) is 0.0658. The number of ether oxygens (including phenoxy) is 8. The lowest BCUT2D eigenvalue weighted by molar-refractivity contribution is -0.138. The van der Waals surface area contributed by atoms with E-state index in [1.54, 1.807) is 48.5 Å². The predicted molar refractivity (Wildman–Crippen MR) is 181 cm³/mol. The molecule has 4 atom stereocenters. The number of unbranched alkanes of at least 4 members (excludes halogenated alkanes) is 6. The molecule has 0 spiro atoms. The lowest BCUT2D eigenvalue weighted by Crippen LogP contribution is -2.36. The molecule has 2 aliphatic heterocycles. The summed E-state index contributed by atoms with van der Waals surface area (Å²) >= 11 is 0. The summed E-state index contributed by atoms with van der Waals surface area (Å²) in [6.45, 7) is 8.81. The van der Waals surface area contributed by atoms with E-state index in [9.17, 15) is 19.2 Å². The van der Waals surface area contributed by atoms with Crippen LogP contribution in [0.15, 0.2) is 73.8 Å². The van der Waals surface area contributed by atoms with E-state index >= 15 is 0 Å². The number of rotatable bonds is 22. The van der Waals surface area contributed by atoms with E-state index in [4.69, 9.17) is 37.9 Å². The molecule has 2 aliphatic rings. The highest BCUT2D eigenvalue weighted by molar-refractivity contribution is 5.90. The Labute approximate surface area is 292 Å². The minimum Gasteiger partial charge on any atom is -0.494 e. The first-order chi connectivity index (χ1) is 24.4. The maximum absolute atomic E-state index is 12.9. The number of hydrogen-bond acceptors (Lipinski definition) is 12. The van der Waals surface area contributed by atoms with Crippen molar-refractivity contribution in [3.05, 3.63) is 85.0 Å². The summed E-state index contributed by atoms with van der Waals surface area (Å²) in [6.07, 6.45) is 6.93. The Morgan fingerprint density at radius 2 is 0.920 bits per heavy atom. The van der Waals surface area contributed by atoms with Crippen molar-refractivity contribution in [1.29, 1.82) is 0 Å². The summed E-state index contributed by atoms with van der Waals surface area (Å²) < 4.78 is 44.5. The zero-order valence-corrected chi connectivity index (χ0v) is 28.3. The smallest absolute Gasteiger partial charge is 0.338 e. The third-order valence-electron chi connectivity index (χ3n) is 8.10. The second kappa shape index (κ2) is 20.7. The van der Waals surface area contributed by atoms with Crippen LogP contribution in [0.3, 0.4) is 0 Å². The van der Waals surface area contributed by atoms with Gasteiger partial charge in [-0.25, -0.2) is 19.2 Å². The van der Waals surface area contributed by atoms with Gasteiger partial charge in [-0.3, -0.25) is 0 Å². The Hall–Kier alpha value is -4.68. The summed E-state index contributed by atoms with van der Waals surface area (Å²) in [5.41, 5.74) is 0.735. The van der Waals surface area contributed by atoms with E-state index < -0.39 is 48.3 Å². The fourth-order valence-electron chi connectivity index (χ4n) is 5.38. The highest BCUT2D eigenvalue weighted by Crippen LogP contribution is 2.32. The van der Waals surface area contributed by atoms with Gasteiger partial charge in [0.1, 0.15) is 23.7 Å². The molecule has 0 radical (unpaired) electrons. The second-order valence-electron chi connectivity index (χ2n) is 11.8. The van der Waals surface area contributed by atoms with Gasteiger partial charge in [-0.1, -0.05) is 13.2 Å². The van der Waals surface area contributed by atoms with Gasteiger partial charge in [0.05, 0.1) is 50.8 Å². The lowest BCUT2D eigenvalue weighted by Gasteiger charge is -2.17. The van der Waals surface area contributed by atoms with E-state index in [0.717, 1.165) is 63.5 Å². The van der Waals surface area contributed by atoms with Gasteiger partial charge in [-0.05, 0) is 99.9 Å². The molecule has 0 amide bonds. The van der Waals surface area contributed by atoms with Crippen molar-refractivity contribution in [2.24, 2.45) is 0 Å². The summed E-state index contributed by atoms with van der Waals surface area (Å²) in [5.74, 6) is -0.553. The van der Waals surface area contributed by atoms with Gasteiger partial charge in [0, 0.05) is 12.2 Å². The Bertz CT molecular complexity index is 1300. The van der Waals surface area contributed by atoms with Gasteiger partial charge in [0.15, 0.2) is 12.2 Å². The highest BCUT2D eigenvalue weighted by atomic mass is 16.7. The molecule has 0 N–H and O–H groups in total. The minimum atomic E-state index is -0.640.